The Labute approximate surface area is 96.3 Å². The first kappa shape index (κ1) is 11.3. The minimum atomic E-state index is -1.14. The summed E-state index contributed by atoms with van der Waals surface area (Å²) in [5, 5.41) is 10.4. The molecule has 0 spiro atoms. The number of Topliss-reactive ketones (excluding diaryl/α,β-unsaturated/α-hetero) is 1. The van der Waals surface area contributed by atoms with Gasteiger partial charge in [-0.15, -0.1) is 0 Å². The highest BCUT2D eigenvalue weighted by Crippen LogP contribution is 2.32. The molecule has 1 aliphatic carbocycles. The van der Waals surface area contributed by atoms with Crippen LogP contribution in [0.2, 0.25) is 0 Å². The quantitative estimate of drug-likeness (QED) is 0.828. The van der Waals surface area contributed by atoms with Gasteiger partial charge >= 0.3 is 0 Å². The van der Waals surface area contributed by atoms with E-state index in [4.69, 9.17) is 0 Å². The zero-order valence-electron chi connectivity index (χ0n) is 9.86. The molecule has 0 bridgehead atoms. The van der Waals surface area contributed by atoms with Crippen molar-refractivity contribution < 1.29 is 9.90 Å². The molecule has 0 amide bonds. The third-order valence-electron chi connectivity index (χ3n) is 3.24. The van der Waals surface area contributed by atoms with Crippen molar-refractivity contribution in [2.75, 3.05) is 0 Å². The van der Waals surface area contributed by atoms with Crippen LogP contribution in [0.3, 0.4) is 0 Å². The van der Waals surface area contributed by atoms with Crippen molar-refractivity contribution >= 4 is 5.78 Å². The van der Waals surface area contributed by atoms with Crippen LogP contribution in [-0.4, -0.2) is 16.5 Å². The van der Waals surface area contributed by atoms with E-state index < -0.39 is 5.60 Å². The molecule has 2 rings (SSSR count). The van der Waals surface area contributed by atoms with Gasteiger partial charge in [-0.3, -0.25) is 4.79 Å². The van der Waals surface area contributed by atoms with Gasteiger partial charge in [-0.25, -0.2) is 0 Å². The van der Waals surface area contributed by atoms with E-state index >= 15 is 0 Å². The van der Waals surface area contributed by atoms with Crippen molar-refractivity contribution in [2.24, 2.45) is 5.92 Å². The number of fused-ring (bicyclic) bond motifs is 1. The minimum absolute atomic E-state index is 0.0944. The lowest BCUT2D eigenvalue weighted by Crippen LogP contribution is -2.43. The Hall–Kier alpha value is -1.15. The van der Waals surface area contributed by atoms with Crippen molar-refractivity contribution in [1.82, 2.24) is 0 Å². The first-order chi connectivity index (χ1) is 7.53. The van der Waals surface area contributed by atoms with Gasteiger partial charge in [0.2, 0.25) is 0 Å². The van der Waals surface area contributed by atoms with Gasteiger partial charge in [0.25, 0.3) is 0 Å². The number of rotatable bonds is 2. The molecule has 0 saturated heterocycles. The molecule has 0 fully saturated rings. The fraction of sp³-hybridized carbons (Fsp3) is 0.500. The van der Waals surface area contributed by atoms with Crippen LogP contribution in [0.25, 0.3) is 0 Å². The van der Waals surface area contributed by atoms with E-state index in [1.54, 1.807) is 0 Å². The maximum atomic E-state index is 12.2. The number of carbonyl (C=O) groups excluding carboxylic acids is 1. The Morgan fingerprint density at radius 3 is 2.75 bits per heavy atom. The predicted octanol–water partition coefficient (Wildman–Crippen LogP) is 2.59. The summed E-state index contributed by atoms with van der Waals surface area (Å²) >= 11 is 0. The van der Waals surface area contributed by atoms with Crippen LogP contribution in [0.15, 0.2) is 24.3 Å². The van der Waals surface area contributed by atoms with Crippen molar-refractivity contribution in [3.05, 3.63) is 35.4 Å². The van der Waals surface area contributed by atoms with Crippen LogP contribution >= 0.6 is 0 Å². The predicted molar refractivity (Wildman–Crippen MR) is 63.5 cm³/mol. The highest BCUT2D eigenvalue weighted by molar-refractivity contribution is 6.04. The monoisotopic (exact) mass is 218 g/mol. The third-order valence-corrected chi connectivity index (χ3v) is 3.24. The van der Waals surface area contributed by atoms with Crippen LogP contribution in [0, 0.1) is 5.92 Å². The molecule has 2 nitrogen and oxygen atoms in total. The summed E-state index contributed by atoms with van der Waals surface area (Å²) in [4.78, 5) is 12.2. The highest BCUT2D eigenvalue weighted by Gasteiger charge is 2.40. The Bertz CT molecular complexity index is 409. The molecule has 0 aromatic heterocycles. The van der Waals surface area contributed by atoms with E-state index in [1.807, 2.05) is 38.1 Å². The third kappa shape index (κ3) is 1.90. The van der Waals surface area contributed by atoms with E-state index in [1.165, 1.54) is 0 Å². The maximum Gasteiger partial charge on any atom is 0.194 e. The maximum absolute atomic E-state index is 12.2. The van der Waals surface area contributed by atoms with Gasteiger partial charge in [0.1, 0.15) is 5.60 Å². The number of hydrogen-bond donors (Lipinski definition) is 1. The number of aliphatic hydroxyl groups is 1. The summed E-state index contributed by atoms with van der Waals surface area (Å²) in [5.74, 6) is 0.238. The van der Waals surface area contributed by atoms with Gasteiger partial charge in [0.05, 0.1) is 0 Å². The van der Waals surface area contributed by atoms with Gasteiger partial charge in [-0.2, -0.15) is 0 Å². The normalized spacial score (nSPS) is 24.6. The molecule has 2 heteroatoms. The summed E-state index contributed by atoms with van der Waals surface area (Å²) in [7, 11) is 0. The molecule has 0 heterocycles. The summed E-state index contributed by atoms with van der Waals surface area (Å²) in [6.07, 6.45) is 1.91. The fourth-order valence-corrected chi connectivity index (χ4v) is 2.54. The van der Waals surface area contributed by atoms with Crippen molar-refractivity contribution in [3.63, 3.8) is 0 Å². The number of benzene rings is 1. The molecule has 1 aromatic rings. The smallest absolute Gasteiger partial charge is 0.194 e. The first-order valence-corrected chi connectivity index (χ1v) is 5.88. The molecular weight excluding hydrogens is 200 g/mol. The lowest BCUT2D eigenvalue weighted by Gasteiger charge is -2.33. The van der Waals surface area contributed by atoms with Gasteiger partial charge in [0.15, 0.2) is 5.78 Å². The number of aryl methyl sites for hydroxylation is 1. The second-order valence-electron chi connectivity index (χ2n) is 5.12. The summed E-state index contributed by atoms with van der Waals surface area (Å²) in [6.45, 7) is 4.07. The lowest BCUT2D eigenvalue weighted by molar-refractivity contribution is 0.0131. The van der Waals surface area contributed by atoms with Crippen molar-refractivity contribution in [2.45, 2.75) is 38.7 Å². The van der Waals surface area contributed by atoms with E-state index in [0.29, 0.717) is 24.3 Å². The summed E-state index contributed by atoms with van der Waals surface area (Å²) in [6, 6.07) is 7.60. The molecule has 1 aliphatic rings. The molecule has 86 valence electrons. The van der Waals surface area contributed by atoms with Crippen LogP contribution in [0.4, 0.5) is 0 Å². The molecule has 0 aliphatic heterocycles. The Kier molecular flexibility index (Phi) is 2.85. The molecule has 0 radical (unpaired) electrons. The van der Waals surface area contributed by atoms with Crippen molar-refractivity contribution in [1.29, 1.82) is 0 Å². The largest absolute Gasteiger partial charge is 0.382 e. The Morgan fingerprint density at radius 1 is 1.38 bits per heavy atom. The fourth-order valence-electron chi connectivity index (χ4n) is 2.54. The average Bonchev–Trinajstić information content (AvgIpc) is 2.24. The number of ketones is 1. The molecule has 0 unspecified atom stereocenters. The molecule has 1 N–H and O–H groups in total. The van der Waals surface area contributed by atoms with Gasteiger partial charge in [-0.1, -0.05) is 38.1 Å². The van der Waals surface area contributed by atoms with E-state index in [-0.39, 0.29) is 5.78 Å². The molecule has 1 aromatic carbocycles. The van der Waals surface area contributed by atoms with Gasteiger partial charge < -0.3 is 5.11 Å². The van der Waals surface area contributed by atoms with Gasteiger partial charge in [-0.05, 0) is 30.7 Å². The molecule has 1 atom stereocenters. The minimum Gasteiger partial charge on any atom is -0.382 e. The standard InChI is InChI=1S/C14H18O2/c1-10(2)9-14(16)8-7-11-5-3-4-6-12(11)13(14)15/h3-6,10,16H,7-9H2,1-2H3/t14-/m1/s1. The van der Waals surface area contributed by atoms with Gasteiger partial charge in [0, 0.05) is 5.56 Å². The lowest BCUT2D eigenvalue weighted by atomic mass is 9.75. The second-order valence-corrected chi connectivity index (χ2v) is 5.12. The van der Waals surface area contributed by atoms with Crippen molar-refractivity contribution in [3.8, 4) is 0 Å². The number of hydrogen-bond acceptors (Lipinski definition) is 2. The van der Waals surface area contributed by atoms with Crippen LogP contribution < -0.4 is 0 Å². The Balaban J connectivity index is 2.34. The zero-order valence-corrected chi connectivity index (χ0v) is 9.86. The van der Waals surface area contributed by atoms with Crippen LogP contribution in [-0.2, 0) is 6.42 Å². The number of carbonyl (C=O) groups is 1. The molecule has 0 saturated carbocycles. The first-order valence-electron chi connectivity index (χ1n) is 5.88. The summed E-state index contributed by atoms with van der Waals surface area (Å²) in [5.41, 5.74) is 0.639. The summed E-state index contributed by atoms with van der Waals surface area (Å²) < 4.78 is 0. The molecule has 16 heavy (non-hydrogen) atoms. The van der Waals surface area contributed by atoms with Crippen LogP contribution in [0.1, 0.15) is 42.6 Å². The highest BCUT2D eigenvalue weighted by atomic mass is 16.3. The van der Waals surface area contributed by atoms with E-state index in [2.05, 4.69) is 0 Å². The Morgan fingerprint density at radius 2 is 2.06 bits per heavy atom. The zero-order chi connectivity index (χ0) is 11.8. The second kappa shape index (κ2) is 4.02. The average molecular weight is 218 g/mol. The van der Waals surface area contributed by atoms with Crippen LogP contribution in [0.5, 0.6) is 0 Å². The molecular formula is C14H18O2. The topological polar surface area (TPSA) is 37.3 Å². The SMILES string of the molecule is CC(C)C[C@]1(O)CCc2ccccc2C1=O. The van der Waals surface area contributed by atoms with E-state index in [9.17, 15) is 9.90 Å². The van der Waals surface area contributed by atoms with E-state index in [0.717, 1.165) is 12.0 Å².